The van der Waals surface area contributed by atoms with E-state index in [9.17, 15) is 26.2 Å². The molecule has 0 saturated carbocycles. The van der Waals surface area contributed by atoms with Crippen LogP contribution in [-0.4, -0.2) is 29.9 Å². The Morgan fingerprint density at radius 3 is 2.20 bits per heavy atom. The molecule has 1 aromatic carbocycles. The fraction of sp³-hybridized carbons (Fsp3) is 0.500. The van der Waals surface area contributed by atoms with E-state index in [1.807, 2.05) is 20.8 Å². The van der Waals surface area contributed by atoms with Gasteiger partial charge in [0.2, 0.25) is 0 Å². The second-order valence-corrected chi connectivity index (χ2v) is 12.6. The standard InChI is InChI=1S/C24H29F5N4OS/c1-22(2,3)13-33-12-16(19(21(25)26)32-35(34)23(4,5)6)15-8-7-14(11-17(15)33)18-20(24(27,28)29)31-10-9-30-18/h7-12,19,21,32H,13H2,1-6H3/t19-,35?/m0/s1. The molecular formula is C24H29F5N4OS. The fourth-order valence-electron chi connectivity index (χ4n) is 3.66. The molecule has 0 fully saturated rings. The number of benzene rings is 1. The number of nitrogens with one attached hydrogen (secondary N) is 1. The van der Waals surface area contributed by atoms with Gasteiger partial charge in [-0.2, -0.15) is 13.2 Å². The summed E-state index contributed by atoms with van der Waals surface area (Å²) in [4.78, 5) is 7.36. The highest BCUT2D eigenvalue weighted by Crippen LogP contribution is 2.38. The molecule has 0 aliphatic carbocycles. The molecule has 1 unspecified atom stereocenters. The molecule has 5 nitrogen and oxygen atoms in total. The average Bonchev–Trinajstić information content (AvgIpc) is 3.06. The van der Waals surface area contributed by atoms with E-state index >= 15 is 0 Å². The van der Waals surface area contributed by atoms with Crippen molar-refractivity contribution < 1.29 is 26.2 Å². The summed E-state index contributed by atoms with van der Waals surface area (Å²) in [7, 11) is -1.77. The van der Waals surface area contributed by atoms with Crippen LogP contribution in [-0.2, 0) is 23.7 Å². The van der Waals surface area contributed by atoms with Gasteiger partial charge in [-0.25, -0.2) is 22.7 Å². The summed E-state index contributed by atoms with van der Waals surface area (Å²) in [6.07, 6.45) is -3.87. The van der Waals surface area contributed by atoms with Gasteiger partial charge in [0, 0.05) is 47.2 Å². The zero-order chi connectivity index (χ0) is 26.3. The first-order valence-electron chi connectivity index (χ1n) is 11.0. The van der Waals surface area contributed by atoms with Crippen molar-refractivity contribution in [1.29, 1.82) is 0 Å². The molecule has 0 bridgehead atoms. The van der Waals surface area contributed by atoms with Gasteiger partial charge in [0.1, 0.15) is 11.7 Å². The van der Waals surface area contributed by atoms with Crippen molar-refractivity contribution in [3.05, 3.63) is 48.0 Å². The first-order chi connectivity index (χ1) is 16.0. The predicted octanol–water partition coefficient (Wildman–Crippen LogP) is 6.52. The number of hydrogen-bond donors (Lipinski definition) is 1. The van der Waals surface area contributed by atoms with Gasteiger partial charge in [0.05, 0.1) is 15.7 Å². The molecule has 11 heteroatoms. The summed E-state index contributed by atoms with van der Waals surface area (Å²) in [6.45, 7) is 11.3. The second-order valence-electron chi connectivity index (χ2n) is 10.6. The number of halogens is 5. The number of hydrogen-bond acceptors (Lipinski definition) is 3. The normalized spacial score (nSPS) is 15.1. The van der Waals surface area contributed by atoms with Gasteiger partial charge in [-0.05, 0) is 32.3 Å². The van der Waals surface area contributed by atoms with E-state index in [2.05, 4.69) is 14.7 Å². The third kappa shape index (κ3) is 6.24. The lowest BCUT2D eigenvalue weighted by molar-refractivity contribution is -0.140. The van der Waals surface area contributed by atoms with Crippen LogP contribution in [0.15, 0.2) is 36.8 Å². The van der Waals surface area contributed by atoms with E-state index in [4.69, 9.17) is 0 Å². The molecule has 2 heterocycles. The molecule has 3 rings (SSSR count). The van der Waals surface area contributed by atoms with Crippen molar-refractivity contribution in [3.63, 3.8) is 0 Å². The summed E-state index contributed by atoms with van der Waals surface area (Å²) in [5, 5.41) is 0.430. The van der Waals surface area contributed by atoms with Crippen molar-refractivity contribution in [2.45, 2.75) is 71.5 Å². The van der Waals surface area contributed by atoms with Crippen LogP contribution >= 0.6 is 0 Å². The number of aromatic nitrogens is 3. The van der Waals surface area contributed by atoms with Gasteiger partial charge in [0.15, 0.2) is 5.69 Å². The number of alkyl halides is 5. The highest BCUT2D eigenvalue weighted by molar-refractivity contribution is 7.84. The quantitative estimate of drug-likeness (QED) is 0.380. The van der Waals surface area contributed by atoms with Crippen molar-refractivity contribution in [1.82, 2.24) is 19.3 Å². The van der Waals surface area contributed by atoms with Gasteiger partial charge in [-0.3, -0.25) is 4.98 Å². The lowest BCUT2D eigenvalue weighted by atomic mass is 9.97. The van der Waals surface area contributed by atoms with E-state index in [1.165, 1.54) is 24.4 Å². The zero-order valence-electron chi connectivity index (χ0n) is 20.4. The average molecular weight is 517 g/mol. The van der Waals surface area contributed by atoms with Crippen LogP contribution in [0.1, 0.15) is 58.8 Å². The van der Waals surface area contributed by atoms with Crippen LogP contribution in [0, 0.1) is 5.41 Å². The first kappa shape index (κ1) is 27.2. The minimum Gasteiger partial charge on any atom is -0.347 e. The van der Waals surface area contributed by atoms with Gasteiger partial charge in [0.25, 0.3) is 6.43 Å². The van der Waals surface area contributed by atoms with Crippen LogP contribution < -0.4 is 4.72 Å². The van der Waals surface area contributed by atoms with E-state index < -0.39 is 40.1 Å². The molecule has 3 aromatic rings. The first-order valence-corrected chi connectivity index (χ1v) is 12.1. The summed E-state index contributed by atoms with van der Waals surface area (Å²) in [6, 6.07) is 2.89. The van der Waals surface area contributed by atoms with E-state index in [0.717, 1.165) is 6.20 Å². The zero-order valence-corrected chi connectivity index (χ0v) is 21.2. The molecule has 2 atom stereocenters. The Bertz CT molecular complexity index is 1230. The van der Waals surface area contributed by atoms with Crippen molar-refractivity contribution in [2.75, 3.05) is 0 Å². The van der Waals surface area contributed by atoms with Gasteiger partial charge in [-0.1, -0.05) is 32.9 Å². The van der Waals surface area contributed by atoms with Crippen molar-refractivity contribution in [2.24, 2.45) is 5.41 Å². The Balaban J connectivity index is 2.22. The molecule has 0 amide bonds. The Labute approximate surface area is 203 Å². The Morgan fingerprint density at radius 1 is 1.03 bits per heavy atom. The summed E-state index contributed by atoms with van der Waals surface area (Å²) >= 11 is 0. The SMILES string of the molecule is CC(C)(C)Cn1cc([C@H](NS(=O)C(C)(C)C)C(F)F)c2ccc(-c3nccnc3C(F)(F)F)cc21. The number of nitrogens with zero attached hydrogens (tertiary/aromatic N) is 3. The fourth-order valence-corrected chi connectivity index (χ4v) is 4.47. The van der Waals surface area contributed by atoms with Crippen molar-refractivity contribution >= 4 is 21.9 Å². The van der Waals surface area contributed by atoms with E-state index in [-0.39, 0.29) is 22.2 Å². The topological polar surface area (TPSA) is 59.8 Å². The molecular weight excluding hydrogens is 487 g/mol. The van der Waals surface area contributed by atoms with Crippen LogP contribution in [0.2, 0.25) is 0 Å². The largest absolute Gasteiger partial charge is 0.435 e. The lowest BCUT2D eigenvalue weighted by Crippen LogP contribution is -2.38. The van der Waals surface area contributed by atoms with Crippen LogP contribution in [0.25, 0.3) is 22.2 Å². The number of rotatable bonds is 6. The molecule has 0 aliphatic heterocycles. The second kappa shape index (κ2) is 9.57. The van der Waals surface area contributed by atoms with E-state index in [1.54, 1.807) is 31.5 Å². The Morgan fingerprint density at radius 2 is 1.66 bits per heavy atom. The summed E-state index contributed by atoms with van der Waals surface area (Å²) in [5.41, 5.74) is -0.868. The molecule has 0 saturated heterocycles. The van der Waals surface area contributed by atoms with Crippen LogP contribution in [0.3, 0.4) is 0 Å². The number of fused-ring (bicyclic) bond motifs is 1. The molecule has 0 radical (unpaired) electrons. The van der Waals surface area contributed by atoms with E-state index in [0.29, 0.717) is 17.4 Å². The molecule has 0 spiro atoms. The smallest absolute Gasteiger partial charge is 0.347 e. The highest BCUT2D eigenvalue weighted by Gasteiger charge is 2.37. The van der Waals surface area contributed by atoms with Gasteiger partial charge < -0.3 is 4.57 Å². The molecule has 35 heavy (non-hydrogen) atoms. The van der Waals surface area contributed by atoms with Crippen LogP contribution in [0.4, 0.5) is 22.0 Å². The third-order valence-electron chi connectivity index (χ3n) is 5.18. The monoisotopic (exact) mass is 516 g/mol. The maximum atomic E-state index is 14.2. The lowest BCUT2D eigenvalue weighted by Gasteiger charge is -2.24. The summed E-state index contributed by atoms with van der Waals surface area (Å²) in [5.74, 6) is 0. The highest BCUT2D eigenvalue weighted by atomic mass is 32.2. The maximum absolute atomic E-state index is 14.2. The molecule has 1 N–H and O–H groups in total. The Kier molecular flexibility index (Phi) is 7.44. The molecule has 0 aliphatic rings. The van der Waals surface area contributed by atoms with Crippen molar-refractivity contribution in [3.8, 4) is 11.3 Å². The summed E-state index contributed by atoms with van der Waals surface area (Å²) < 4.78 is 85.1. The maximum Gasteiger partial charge on any atom is 0.435 e. The van der Waals surface area contributed by atoms with Crippen LogP contribution in [0.5, 0.6) is 0 Å². The minimum absolute atomic E-state index is 0.164. The van der Waals surface area contributed by atoms with Gasteiger partial charge >= 0.3 is 6.18 Å². The minimum atomic E-state index is -4.71. The predicted molar refractivity (Wildman–Crippen MR) is 127 cm³/mol. The molecule has 192 valence electrons. The molecule has 2 aromatic heterocycles. The third-order valence-corrected chi connectivity index (χ3v) is 6.76. The van der Waals surface area contributed by atoms with Gasteiger partial charge in [-0.15, -0.1) is 0 Å². The Hall–Kier alpha value is -2.40.